The molecule has 22 heavy (non-hydrogen) atoms. The lowest BCUT2D eigenvalue weighted by molar-refractivity contribution is 0.112. The minimum atomic E-state index is -0.314. The van der Waals surface area contributed by atoms with E-state index in [0.29, 0.717) is 26.0 Å². The molecule has 0 radical (unpaired) electrons. The molecule has 0 aliphatic heterocycles. The van der Waals surface area contributed by atoms with E-state index in [2.05, 4.69) is 0 Å². The number of rotatable bonds is 7. The van der Waals surface area contributed by atoms with Crippen molar-refractivity contribution in [1.82, 2.24) is 4.57 Å². The summed E-state index contributed by atoms with van der Waals surface area (Å²) < 4.78 is 12.1. The Morgan fingerprint density at radius 2 is 2.05 bits per heavy atom. The first-order valence-corrected chi connectivity index (χ1v) is 7.12. The number of carbonyl (C=O) groups excluding carboxylic acids is 1. The summed E-state index contributed by atoms with van der Waals surface area (Å²) in [7, 11) is 1.57. The Morgan fingerprint density at radius 3 is 2.73 bits per heavy atom. The maximum atomic E-state index is 12.4. The Hall–Kier alpha value is -2.40. The van der Waals surface area contributed by atoms with Crippen LogP contribution < -0.4 is 10.3 Å². The monoisotopic (exact) mass is 301 g/mol. The quantitative estimate of drug-likeness (QED) is 0.737. The summed E-state index contributed by atoms with van der Waals surface area (Å²) in [6, 6.07) is 10.8. The molecule has 0 aliphatic carbocycles. The highest BCUT2D eigenvalue weighted by Gasteiger charge is 2.10. The van der Waals surface area contributed by atoms with Crippen LogP contribution in [0.2, 0.25) is 0 Å². The summed E-state index contributed by atoms with van der Waals surface area (Å²) in [5.74, 6) is 0.741. The number of aldehydes is 1. The fourth-order valence-electron chi connectivity index (χ4n) is 2.25. The fourth-order valence-corrected chi connectivity index (χ4v) is 2.25. The Kier molecular flexibility index (Phi) is 5.49. The van der Waals surface area contributed by atoms with Gasteiger partial charge in [0.2, 0.25) is 0 Å². The van der Waals surface area contributed by atoms with Crippen LogP contribution in [0, 0.1) is 0 Å². The first kappa shape index (κ1) is 16.0. The van der Waals surface area contributed by atoms with E-state index in [1.54, 1.807) is 23.8 Å². The van der Waals surface area contributed by atoms with E-state index in [1.807, 2.05) is 31.2 Å². The molecule has 1 aromatic carbocycles. The number of carbonyl (C=O) groups is 1. The lowest BCUT2D eigenvalue weighted by Gasteiger charge is -2.14. The molecule has 1 heterocycles. The SMILES string of the molecule is CCOc1cccc(-c2ccc(C=O)c(=O)n2CCOC)c1. The topological polar surface area (TPSA) is 57.5 Å². The lowest BCUT2D eigenvalue weighted by atomic mass is 10.1. The van der Waals surface area contributed by atoms with Gasteiger partial charge in [0.05, 0.1) is 24.5 Å². The van der Waals surface area contributed by atoms with E-state index < -0.39 is 0 Å². The van der Waals surface area contributed by atoms with Crippen LogP contribution in [0.5, 0.6) is 5.75 Å². The van der Waals surface area contributed by atoms with Crippen molar-refractivity contribution >= 4 is 6.29 Å². The molecular weight excluding hydrogens is 282 g/mol. The van der Waals surface area contributed by atoms with Gasteiger partial charge in [-0.15, -0.1) is 0 Å². The van der Waals surface area contributed by atoms with Crippen molar-refractivity contribution in [3.05, 3.63) is 52.3 Å². The molecule has 116 valence electrons. The molecule has 0 amide bonds. The van der Waals surface area contributed by atoms with Crippen LogP contribution in [0.1, 0.15) is 17.3 Å². The first-order valence-electron chi connectivity index (χ1n) is 7.12. The summed E-state index contributed by atoms with van der Waals surface area (Å²) >= 11 is 0. The van der Waals surface area contributed by atoms with Crippen molar-refractivity contribution < 1.29 is 14.3 Å². The Balaban J connectivity index is 2.53. The summed E-state index contributed by atoms with van der Waals surface area (Å²) in [5.41, 5.74) is 1.41. The van der Waals surface area contributed by atoms with Crippen molar-refractivity contribution in [3.8, 4) is 17.0 Å². The van der Waals surface area contributed by atoms with Gasteiger partial charge >= 0.3 is 0 Å². The van der Waals surface area contributed by atoms with Gasteiger partial charge in [-0.2, -0.15) is 0 Å². The van der Waals surface area contributed by atoms with Gasteiger partial charge in [0.25, 0.3) is 5.56 Å². The van der Waals surface area contributed by atoms with Gasteiger partial charge < -0.3 is 14.0 Å². The number of hydrogen-bond acceptors (Lipinski definition) is 4. The third kappa shape index (κ3) is 3.43. The smallest absolute Gasteiger partial charge is 0.261 e. The average Bonchev–Trinajstić information content (AvgIpc) is 2.54. The second-order valence-corrected chi connectivity index (χ2v) is 4.70. The van der Waals surface area contributed by atoms with E-state index in [9.17, 15) is 9.59 Å². The molecule has 2 aromatic rings. The van der Waals surface area contributed by atoms with Gasteiger partial charge in [-0.3, -0.25) is 9.59 Å². The van der Waals surface area contributed by atoms with Gasteiger partial charge in [0.1, 0.15) is 5.75 Å². The molecule has 0 N–H and O–H groups in total. The standard InChI is InChI=1S/C17H19NO4/c1-3-22-15-6-4-5-13(11-15)16-8-7-14(12-19)17(20)18(16)9-10-21-2/h4-8,11-12H,3,9-10H2,1-2H3. The van der Waals surface area contributed by atoms with Crippen molar-refractivity contribution in [3.63, 3.8) is 0 Å². The molecule has 0 saturated heterocycles. The highest BCUT2D eigenvalue weighted by molar-refractivity contribution is 5.75. The molecule has 0 bridgehead atoms. The van der Waals surface area contributed by atoms with Crippen LogP contribution >= 0.6 is 0 Å². The first-order chi connectivity index (χ1) is 10.7. The summed E-state index contributed by atoms with van der Waals surface area (Å²) in [6.07, 6.45) is 0.575. The normalized spacial score (nSPS) is 10.5. The maximum absolute atomic E-state index is 12.4. The molecule has 0 unspecified atom stereocenters. The predicted octanol–water partition coefficient (Wildman–Crippen LogP) is 2.37. The van der Waals surface area contributed by atoms with Crippen molar-refractivity contribution in [2.24, 2.45) is 0 Å². The maximum Gasteiger partial charge on any atom is 0.261 e. The number of hydrogen-bond donors (Lipinski definition) is 0. The van der Waals surface area contributed by atoms with E-state index in [1.165, 1.54) is 0 Å². The molecule has 5 heteroatoms. The van der Waals surface area contributed by atoms with Crippen LogP contribution in [0.15, 0.2) is 41.2 Å². The molecule has 0 spiro atoms. The van der Waals surface area contributed by atoms with Crippen LogP contribution in [0.4, 0.5) is 0 Å². The zero-order chi connectivity index (χ0) is 15.9. The van der Waals surface area contributed by atoms with E-state index in [-0.39, 0.29) is 11.1 Å². The number of pyridine rings is 1. The van der Waals surface area contributed by atoms with Gasteiger partial charge in [0, 0.05) is 19.2 Å². The zero-order valence-electron chi connectivity index (χ0n) is 12.7. The fraction of sp³-hybridized carbons (Fsp3) is 0.294. The van der Waals surface area contributed by atoms with Gasteiger partial charge in [-0.1, -0.05) is 12.1 Å². The van der Waals surface area contributed by atoms with Crippen molar-refractivity contribution in [2.45, 2.75) is 13.5 Å². The Morgan fingerprint density at radius 1 is 1.23 bits per heavy atom. The Bertz CT molecular complexity index is 706. The van der Waals surface area contributed by atoms with Gasteiger partial charge in [-0.05, 0) is 31.2 Å². The molecule has 5 nitrogen and oxygen atoms in total. The number of nitrogens with zero attached hydrogens (tertiary/aromatic N) is 1. The van der Waals surface area contributed by atoms with Crippen molar-refractivity contribution in [2.75, 3.05) is 20.3 Å². The van der Waals surface area contributed by atoms with Crippen LogP contribution in [-0.2, 0) is 11.3 Å². The molecule has 0 atom stereocenters. The molecule has 1 aromatic heterocycles. The number of methoxy groups -OCH3 is 1. The third-order valence-electron chi connectivity index (χ3n) is 3.29. The minimum absolute atomic E-state index is 0.140. The molecule has 0 aliphatic rings. The molecular formula is C17H19NO4. The van der Waals surface area contributed by atoms with E-state index in [4.69, 9.17) is 9.47 Å². The highest BCUT2D eigenvalue weighted by atomic mass is 16.5. The van der Waals surface area contributed by atoms with Gasteiger partial charge in [0.15, 0.2) is 6.29 Å². The van der Waals surface area contributed by atoms with E-state index in [0.717, 1.165) is 17.0 Å². The summed E-state index contributed by atoms with van der Waals surface area (Å²) in [5, 5.41) is 0. The number of aromatic nitrogens is 1. The lowest BCUT2D eigenvalue weighted by Crippen LogP contribution is -2.26. The Labute approximate surface area is 129 Å². The third-order valence-corrected chi connectivity index (χ3v) is 3.29. The second kappa shape index (κ2) is 7.56. The average molecular weight is 301 g/mol. The van der Waals surface area contributed by atoms with E-state index >= 15 is 0 Å². The summed E-state index contributed by atoms with van der Waals surface area (Å²) in [4.78, 5) is 23.3. The molecule has 2 rings (SSSR count). The van der Waals surface area contributed by atoms with Crippen LogP contribution in [-0.4, -0.2) is 31.2 Å². The number of benzene rings is 1. The van der Waals surface area contributed by atoms with Gasteiger partial charge in [-0.25, -0.2) is 0 Å². The predicted molar refractivity (Wildman–Crippen MR) is 84.6 cm³/mol. The highest BCUT2D eigenvalue weighted by Crippen LogP contribution is 2.23. The van der Waals surface area contributed by atoms with Crippen molar-refractivity contribution in [1.29, 1.82) is 0 Å². The zero-order valence-corrected chi connectivity index (χ0v) is 12.7. The summed E-state index contributed by atoms with van der Waals surface area (Å²) in [6.45, 7) is 3.26. The van der Waals surface area contributed by atoms with Crippen LogP contribution in [0.25, 0.3) is 11.3 Å². The van der Waals surface area contributed by atoms with Crippen LogP contribution in [0.3, 0.4) is 0 Å². The molecule has 0 saturated carbocycles. The largest absolute Gasteiger partial charge is 0.494 e. The molecule has 0 fully saturated rings. The number of ether oxygens (including phenoxy) is 2. The minimum Gasteiger partial charge on any atom is -0.494 e. The second-order valence-electron chi connectivity index (χ2n) is 4.70.